The van der Waals surface area contributed by atoms with E-state index >= 15 is 0 Å². The van der Waals surface area contributed by atoms with Crippen molar-refractivity contribution in [2.45, 2.75) is 13.0 Å². The van der Waals surface area contributed by atoms with Gasteiger partial charge < -0.3 is 10.1 Å². The van der Waals surface area contributed by atoms with Crippen LogP contribution in [0, 0.1) is 0 Å². The van der Waals surface area contributed by atoms with E-state index in [2.05, 4.69) is 28.9 Å². The third-order valence-corrected chi connectivity index (χ3v) is 3.31. The zero-order valence-electron chi connectivity index (χ0n) is 11.1. The van der Waals surface area contributed by atoms with Gasteiger partial charge in [-0.25, -0.2) is 0 Å². The van der Waals surface area contributed by atoms with Crippen LogP contribution in [-0.4, -0.2) is 37.7 Å². The zero-order valence-corrected chi connectivity index (χ0v) is 11.1. The topological polar surface area (TPSA) is 24.5 Å². The van der Waals surface area contributed by atoms with Crippen molar-refractivity contribution in [3.63, 3.8) is 0 Å². The molecule has 18 heavy (non-hydrogen) atoms. The third kappa shape index (κ3) is 2.92. The number of para-hydroxylation sites is 1. The highest BCUT2D eigenvalue weighted by Crippen LogP contribution is 2.30. The summed E-state index contributed by atoms with van der Waals surface area (Å²) in [5, 5.41) is 3.38. The van der Waals surface area contributed by atoms with Crippen molar-refractivity contribution >= 4 is 0 Å². The molecule has 0 saturated carbocycles. The maximum Gasteiger partial charge on any atom is 0.124 e. The second-order valence-corrected chi connectivity index (χ2v) is 4.44. The van der Waals surface area contributed by atoms with Gasteiger partial charge in [0.2, 0.25) is 0 Å². The van der Waals surface area contributed by atoms with Crippen molar-refractivity contribution in [2.75, 3.05) is 32.8 Å². The first-order valence-corrected chi connectivity index (χ1v) is 6.66. The highest BCUT2D eigenvalue weighted by Gasteiger charge is 2.21. The quantitative estimate of drug-likeness (QED) is 0.806. The van der Waals surface area contributed by atoms with Gasteiger partial charge in [0, 0.05) is 31.7 Å². The SMILES string of the molecule is C=C[C@H](c1ccccc1OCC)N1CCNCC1. The smallest absolute Gasteiger partial charge is 0.124 e. The van der Waals surface area contributed by atoms with Gasteiger partial charge in [0.15, 0.2) is 0 Å². The normalized spacial score (nSPS) is 18.3. The van der Waals surface area contributed by atoms with Crippen LogP contribution in [0.4, 0.5) is 0 Å². The van der Waals surface area contributed by atoms with Crippen LogP contribution in [0.25, 0.3) is 0 Å². The largest absolute Gasteiger partial charge is 0.494 e. The molecular weight excluding hydrogens is 224 g/mol. The molecule has 1 fully saturated rings. The molecule has 0 spiro atoms. The van der Waals surface area contributed by atoms with E-state index in [1.54, 1.807) is 0 Å². The highest BCUT2D eigenvalue weighted by atomic mass is 16.5. The molecule has 1 aromatic rings. The fourth-order valence-corrected chi connectivity index (χ4v) is 2.44. The number of hydrogen-bond acceptors (Lipinski definition) is 3. The minimum Gasteiger partial charge on any atom is -0.494 e. The first-order valence-electron chi connectivity index (χ1n) is 6.66. The molecule has 1 aliphatic heterocycles. The first kappa shape index (κ1) is 13.1. The van der Waals surface area contributed by atoms with Gasteiger partial charge >= 0.3 is 0 Å². The fraction of sp³-hybridized carbons (Fsp3) is 0.467. The predicted octanol–water partition coefficient (Wildman–Crippen LogP) is 2.22. The van der Waals surface area contributed by atoms with Gasteiger partial charge in [-0.05, 0) is 13.0 Å². The number of ether oxygens (including phenoxy) is 1. The van der Waals surface area contributed by atoms with Gasteiger partial charge in [0.25, 0.3) is 0 Å². The first-order chi connectivity index (χ1) is 8.86. The minimum absolute atomic E-state index is 0.245. The summed E-state index contributed by atoms with van der Waals surface area (Å²) >= 11 is 0. The molecule has 0 aromatic heterocycles. The maximum atomic E-state index is 5.72. The molecule has 3 heteroatoms. The monoisotopic (exact) mass is 246 g/mol. The molecule has 0 amide bonds. The number of nitrogens with one attached hydrogen (secondary N) is 1. The Hall–Kier alpha value is -1.32. The molecule has 0 aliphatic carbocycles. The number of rotatable bonds is 5. The second-order valence-electron chi connectivity index (χ2n) is 4.44. The lowest BCUT2D eigenvalue weighted by atomic mass is 10.0. The van der Waals surface area contributed by atoms with E-state index in [4.69, 9.17) is 4.74 Å². The molecule has 1 saturated heterocycles. The Balaban J connectivity index is 2.22. The summed E-state index contributed by atoms with van der Waals surface area (Å²) in [5.74, 6) is 0.975. The van der Waals surface area contributed by atoms with Crippen LogP contribution in [0.3, 0.4) is 0 Å². The van der Waals surface area contributed by atoms with Crippen LogP contribution < -0.4 is 10.1 Å². The maximum absolute atomic E-state index is 5.72. The number of hydrogen-bond donors (Lipinski definition) is 1. The Kier molecular flexibility index (Phi) is 4.79. The molecule has 0 bridgehead atoms. The number of nitrogens with zero attached hydrogens (tertiary/aromatic N) is 1. The van der Waals surface area contributed by atoms with Crippen LogP contribution in [0.15, 0.2) is 36.9 Å². The zero-order chi connectivity index (χ0) is 12.8. The molecular formula is C15H22N2O. The Morgan fingerprint density at radius 3 is 2.78 bits per heavy atom. The number of piperazine rings is 1. The average Bonchev–Trinajstić information content (AvgIpc) is 2.43. The fourth-order valence-electron chi connectivity index (χ4n) is 2.44. The summed E-state index contributed by atoms with van der Waals surface area (Å²) in [4.78, 5) is 2.45. The van der Waals surface area contributed by atoms with Crippen molar-refractivity contribution in [2.24, 2.45) is 0 Å². The van der Waals surface area contributed by atoms with Crippen molar-refractivity contribution in [3.8, 4) is 5.75 Å². The van der Waals surface area contributed by atoms with Crippen LogP contribution in [0.5, 0.6) is 5.75 Å². The van der Waals surface area contributed by atoms with Crippen LogP contribution in [-0.2, 0) is 0 Å². The molecule has 1 N–H and O–H groups in total. The molecule has 98 valence electrons. The summed E-state index contributed by atoms with van der Waals surface area (Å²) in [5.41, 5.74) is 1.22. The second kappa shape index (κ2) is 6.57. The van der Waals surface area contributed by atoms with Gasteiger partial charge in [-0.15, -0.1) is 6.58 Å². The molecule has 1 aliphatic rings. The van der Waals surface area contributed by atoms with E-state index in [1.807, 2.05) is 25.1 Å². The van der Waals surface area contributed by atoms with E-state index in [1.165, 1.54) is 5.56 Å². The van der Waals surface area contributed by atoms with Crippen molar-refractivity contribution in [1.82, 2.24) is 10.2 Å². The average molecular weight is 246 g/mol. The van der Waals surface area contributed by atoms with Crippen LogP contribution in [0.1, 0.15) is 18.5 Å². The molecule has 0 radical (unpaired) electrons. The van der Waals surface area contributed by atoms with E-state index in [0.29, 0.717) is 6.61 Å². The number of benzene rings is 1. The molecule has 0 unspecified atom stereocenters. The Morgan fingerprint density at radius 1 is 1.39 bits per heavy atom. The predicted molar refractivity (Wildman–Crippen MR) is 75.0 cm³/mol. The summed E-state index contributed by atoms with van der Waals surface area (Å²) in [6.45, 7) is 10.9. The van der Waals surface area contributed by atoms with E-state index in [9.17, 15) is 0 Å². The lowest BCUT2D eigenvalue weighted by Gasteiger charge is -2.34. The standard InChI is InChI=1S/C15H22N2O/c1-3-14(17-11-9-16-10-12-17)13-7-5-6-8-15(13)18-4-2/h3,5-8,14,16H,1,4,9-12H2,2H3/t14-/m1/s1. The van der Waals surface area contributed by atoms with Crippen LogP contribution >= 0.6 is 0 Å². The van der Waals surface area contributed by atoms with Gasteiger partial charge in [0.1, 0.15) is 5.75 Å². The third-order valence-electron chi connectivity index (χ3n) is 3.31. The summed E-state index contributed by atoms with van der Waals surface area (Å²) in [6.07, 6.45) is 2.02. The molecule has 3 nitrogen and oxygen atoms in total. The van der Waals surface area contributed by atoms with Crippen molar-refractivity contribution in [3.05, 3.63) is 42.5 Å². The van der Waals surface area contributed by atoms with Crippen molar-refractivity contribution < 1.29 is 4.74 Å². The summed E-state index contributed by atoms with van der Waals surface area (Å²) < 4.78 is 5.72. The Labute approximate surface area is 109 Å². The van der Waals surface area contributed by atoms with Gasteiger partial charge in [-0.1, -0.05) is 24.3 Å². The van der Waals surface area contributed by atoms with Crippen molar-refractivity contribution in [1.29, 1.82) is 0 Å². The molecule has 2 rings (SSSR count). The van der Waals surface area contributed by atoms with E-state index in [0.717, 1.165) is 31.9 Å². The summed E-state index contributed by atoms with van der Waals surface area (Å²) in [7, 11) is 0. The Morgan fingerprint density at radius 2 is 2.11 bits per heavy atom. The minimum atomic E-state index is 0.245. The summed E-state index contributed by atoms with van der Waals surface area (Å²) in [6, 6.07) is 8.51. The van der Waals surface area contributed by atoms with Crippen LogP contribution in [0.2, 0.25) is 0 Å². The molecule has 1 heterocycles. The molecule has 1 aromatic carbocycles. The van der Waals surface area contributed by atoms with Gasteiger partial charge in [-0.2, -0.15) is 0 Å². The lowest BCUT2D eigenvalue weighted by molar-refractivity contribution is 0.199. The van der Waals surface area contributed by atoms with Gasteiger partial charge in [0.05, 0.1) is 12.6 Å². The lowest BCUT2D eigenvalue weighted by Crippen LogP contribution is -2.44. The molecule has 1 atom stereocenters. The van der Waals surface area contributed by atoms with Gasteiger partial charge in [-0.3, -0.25) is 4.90 Å². The Bertz CT molecular complexity index is 386. The van der Waals surface area contributed by atoms with E-state index in [-0.39, 0.29) is 6.04 Å². The van der Waals surface area contributed by atoms with E-state index < -0.39 is 0 Å². The highest BCUT2D eigenvalue weighted by molar-refractivity contribution is 5.38.